The molecule has 0 amide bonds. The van der Waals surface area contributed by atoms with Crippen LogP contribution >= 0.6 is 7.02 Å². The molecule has 0 heterocycles. The second-order valence-electron chi connectivity index (χ2n) is 7.28. The molecule has 4 rings (SSSR count). The van der Waals surface area contributed by atoms with Crippen LogP contribution in [0.15, 0.2) is 121 Å². The first-order valence-electron chi connectivity index (χ1n) is 10.3. The van der Waals surface area contributed by atoms with Crippen molar-refractivity contribution >= 4 is 44.7 Å². The summed E-state index contributed by atoms with van der Waals surface area (Å²) in [5, 5.41) is 6.37. The highest BCUT2D eigenvalue weighted by molar-refractivity contribution is 8.17. The molecule has 0 saturated heterocycles. The van der Waals surface area contributed by atoms with E-state index in [0.717, 1.165) is 0 Å². The number of benzene rings is 4. The third kappa shape index (κ3) is 4.67. The van der Waals surface area contributed by atoms with Gasteiger partial charge in [0.25, 0.3) is 0 Å². The molecule has 0 bridgehead atoms. The van der Waals surface area contributed by atoms with Crippen LogP contribution in [0.5, 0.6) is 0 Å². The van der Waals surface area contributed by atoms with Crippen molar-refractivity contribution in [1.82, 2.24) is 0 Å². The van der Waals surface area contributed by atoms with E-state index in [1.54, 1.807) is 20.7 Å². The molecule has 0 radical (unpaired) electrons. The zero-order valence-electron chi connectivity index (χ0n) is 16.9. The maximum absolute atomic E-state index is 2.43. The maximum Gasteiger partial charge on any atom is 0.124 e. The molecule has 4 aromatic rings. The zero-order valence-corrected chi connectivity index (χ0v) is 20.1. The largest absolute Gasteiger partial charge is 0.124 e. The molecule has 0 aliphatic carbocycles. The van der Waals surface area contributed by atoms with Crippen LogP contribution < -0.4 is 20.7 Å². The Balaban J connectivity index is 1.88. The van der Waals surface area contributed by atoms with Crippen LogP contribution in [0.3, 0.4) is 0 Å². The van der Waals surface area contributed by atoms with Crippen molar-refractivity contribution in [3.63, 3.8) is 0 Å². The van der Waals surface area contributed by atoms with Gasteiger partial charge in [0.2, 0.25) is 0 Å². The van der Waals surface area contributed by atoms with E-state index in [4.69, 9.17) is 0 Å². The monoisotopic (exact) mass is 426 g/mol. The van der Waals surface area contributed by atoms with E-state index in [1.165, 1.54) is 6.16 Å². The first kappa shape index (κ1) is 20.0. The lowest BCUT2D eigenvalue weighted by Crippen LogP contribution is -2.51. The second kappa shape index (κ2) is 9.98. The van der Waals surface area contributed by atoms with E-state index in [2.05, 4.69) is 128 Å². The van der Waals surface area contributed by atoms with E-state index < -0.39 is 16.9 Å². The molecule has 144 valence electrons. The molecule has 3 heteroatoms. The molecule has 0 saturated carbocycles. The number of hydrogen-bond acceptors (Lipinski definition) is 0. The summed E-state index contributed by atoms with van der Waals surface area (Å²) in [6.07, 6.45) is 1.29. The van der Waals surface area contributed by atoms with Crippen molar-refractivity contribution in [2.24, 2.45) is 0 Å². The summed E-state index contributed by atoms with van der Waals surface area (Å²) in [4.78, 5) is 0. The van der Waals surface area contributed by atoms with Crippen molar-refractivity contribution in [3.05, 3.63) is 121 Å². The van der Waals surface area contributed by atoms with E-state index in [-0.39, 0.29) is 7.02 Å². The molecule has 0 nitrogen and oxygen atoms in total. The minimum Gasteiger partial charge on any atom is -0.117 e. The van der Waals surface area contributed by atoms with Crippen LogP contribution in [0.1, 0.15) is 6.92 Å². The predicted octanol–water partition coefficient (Wildman–Crippen LogP) is 3.56. The summed E-state index contributed by atoms with van der Waals surface area (Å²) < 4.78 is 0. The predicted molar refractivity (Wildman–Crippen MR) is 136 cm³/mol. The van der Waals surface area contributed by atoms with E-state index in [0.29, 0.717) is 0 Å². The van der Waals surface area contributed by atoms with Gasteiger partial charge in [-0.05, 0) is 6.16 Å². The van der Waals surface area contributed by atoms with Crippen molar-refractivity contribution in [2.75, 3.05) is 6.16 Å². The summed E-state index contributed by atoms with van der Waals surface area (Å²) in [6, 6.07) is 45.5. The van der Waals surface area contributed by atoms with Crippen LogP contribution in [0.2, 0.25) is 0 Å². The molecule has 0 spiro atoms. The Labute approximate surface area is 178 Å². The Hall–Kier alpha value is -2.26. The summed E-state index contributed by atoms with van der Waals surface area (Å²) >= 11 is 0. The lowest BCUT2D eigenvalue weighted by molar-refractivity contribution is 1.52. The van der Waals surface area contributed by atoms with Gasteiger partial charge >= 0.3 is 0 Å². The highest BCUT2D eigenvalue weighted by Crippen LogP contribution is 2.40. The summed E-state index contributed by atoms with van der Waals surface area (Å²) in [7, 11) is -2.79. The van der Waals surface area contributed by atoms with Crippen LogP contribution in [-0.4, -0.2) is 23.1 Å². The number of hydrogen-bond donors (Lipinski definition) is 0. The van der Waals surface area contributed by atoms with Crippen molar-refractivity contribution in [3.8, 4) is 0 Å². The third-order valence-electron chi connectivity index (χ3n) is 5.49. The van der Waals surface area contributed by atoms with Crippen LogP contribution in [0.25, 0.3) is 0 Å². The summed E-state index contributed by atoms with van der Waals surface area (Å²) in [5.41, 5.74) is 0. The minimum absolute atomic E-state index is 0.113. The quantitative estimate of drug-likeness (QED) is 0.313. The fourth-order valence-corrected chi connectivity index (χ4v) is 28.5. The van der Waals surface area contributed by atoms with Gasteiger partial charge in [-0.3, -0.25) is 0 Å². The second-order valence-corrected chi connectivity index (χ2v) is 22.1. The van der Waals surface area contributed by atoms with Gasteiger partial charge in [-0.1, -0.05) is 149 Å². The van der Waals surface area contributed by atoms with E-state index >= 15 is 0 Å². The van der Waals surface area contributed by atoms with Crippen LogP contribution in [-0.2, 0) is 0 Å². The van der Waals surface area contributed by atoms with Gasteiger partial charge in [-0.15, -0.1) is 7.02 Å². The molecule has 0 unspecified atom stereocenters. The Morgan fingerprint density at radius 2 is 0.690 bits per heavy atom. The van der Waals surface area contributed by atoms with E-state index in [1.807, 2.05) is 0 Å². The maximum atomic E-state index is 2.43. The fourth-order valence-electron chi connectivity index (χ4n) is 4.21. The average Bonchev–Trinajstić information content (AvgIpc) is 2.81. The van der Waals surface area contributed by atoms with Gasteiger partial charge < -0.3 is 0 Å². The molecule has 0 fully saturated rings. The van der Waals surface area contributed by atoms with Crippen LogP contribution in [0, 0.1) is 0 Å². The fraction of sp³-hybridized carbons (Fsp3) is 0.0769. The SMILES string of the molecule is CCP([SiH](c1ccccc1)c1ccccc1)[SiH](c1ccccc1)c1ccccc1. The van der Waals surface area contributed by atoms with Gasteiger partial charge in [0, 0.05) is 0 Å². The van der Waals surface area contributed by atoms with Crippen molar-refractivity contribution in [2.45, 2.75) is 6.92 Å². The molecular formula is C26H27PSi2. The molecule has 4 aromatic carbocycles. The Morgan fingerprint density at radius 3 is 0.897 bits per heavy atom. The van der Waals surface area contributed by atoms with Crippen LogP contribution in [0.4, 0.5) is 0 Å². The smallest absolute Gasteiger partial charge is 0.117 e. The normalized spacial score (nSPS) is 11.3. The van der Waals surface area contributed by atoms with Crippen molar-refractivity contribution in [1.29, 1.82) is 0 Å². The molecule has 0 aliphatic heterocycles. The lowest BCUT2D eigenvalue weighted by Gasteiger charge is -2.34. The highest BCUT2D eigenvalue weighted by Gasteiger charge is 2.34. The topological polar surface area (TPSA) is 0 Å². The highest BCUT2D eigenvalue weighted by atomic mass is 31.6. The van der Waals surface area contributed by atoms with Gasteiger partial charge in [0.05, 0.1) is 0 Å². The Bertz CT molecular complexity index is 830. The van der Waals surface area contributed by atoms with Crippen molar-refractivity contribution < 1.29 is 0 Å². The summed E-state index contributed by atoms with van der Waals surface area (Å²) in [5.74, 6) is 0. The molecule has 0 N–H and O–H groups in total. The molecule has 0 aromatic heterocycles. The summed E-state index contributed by atoms with van der Waals surface area (Å²) in [6.45, 7) is 2.43. The zero-order chi connectivity index (χ0) is 19.9. The average molecular weight is 427 g/mol. The lowest BCUT2D eigenvalue weighted by atomic mass is 10.4. The third-order valence-corrected chi connectivity index (χ3v) is 26.7. The molecule has 0 aliphatic rings. The minimum atomic E-state index is -1.34. The standard InChI is InChI=1S/C26H27PSi2/c1-2-27(28(23-15-7-3-8-16-23)24-17-9-4-10-18-24)29(25-19-11-5-12-20-25)26-21-13-6-14-22-26/h3-22,28-29H,2H2,1H3. The first-order chi connectivity index (χ1) is 14.4. The van der Waals surface area contributed by atoms with E-state index in [9.17, 15) is 0 Å². The molecular weight excluding hydrogens is 399 g/mol. The first-order valence-corrected chi connectivity index (χ1v) is 17.4. The Morgan fingerprint density at radius 1 is 0.448 bits per heavy atom. The molecule has 29 heavy (non-hydrogen) atoms. The van der Waals surface area contributed by atoms with Gasteiger partial charge in [-0.2, -0.15) is 0 Å². The Kier molecular flexibility index (Phi) is 6.89. The van der Waals surface area contributed by atoms with Gasteiger partial charge in [-0.25, -0.2) is 0 Å². The van der Waals surface area contributed by atoms with Gasteiger partial charge in [0.1, 0.15) is 16.9 Å². The number of rotatable bonds is 7. The van der Waals surface area contributed by atoms with Gasteiger partial charge in [0.15, 0.2) is 0 Å². The molecule has 0 atom stereocenters.